The number of hydroxylamine groups is 1. The van der Waals surface area contributed by atoms with E-state index in [0.29, 0.717) is 19.4 Å². The minimum absolute atomic E-state index is 0.142. The molecule has 15 heavy (non-hydrogen) atoms. The molecule has 2 N–H and O–H groups in total. The fraction of sp³-hybridized carbons (Fsp3) is 0.900. The van der Waals surface area contributed by atoms with Gasteiger partial charge >= 0.3 is 5.97 Å². The van der Waals surface area contributed by atoms with Crippen molar-refractivity contribution in [3.63, 3.8) is 0 Å². The van der Waals surface area contributed by atoms with E-state index in [1.54, 1.807) is 0 Å². The van der Waals surface area contributed by atoms with Crippen molar-refractivity contribution in [1.29, 1.82) is 0 Å². The molecule has 0 aliphatic rings. The molecule has 90 valence electrons. The zero-order chi connectivity index (χ0) is 11.7. The highest BCUT2D eigenvalue weighted by Gasteiger charge is 2.08. The molecule has 0 saturated carbocycles. The number of carbonyl (C=O) groups excluding carboxylic acids is 1. The predicted molar refractivity (Wildman–Crippen MR) is 57.7 cm³/mol. The fourth-order valence-corrected chi connectivity index (χ4v) is 1.15. The van der Waals surface area contributed by atoms with Crippen LogP contribution < -0.4 is 5.48 Å². The van der Waals surface area contributed by atoms with E-state index in [4.69, 9.17) is 9.94 Å². The number of carbonyl (C=O) groups is 1. The number of hydrogen-bond acceptors (Lipinski definition) is 5. The molecule has 0 spiro atoms. The van der Waals surface area contributed by atoms with E-state index in [1.165, 1.54) is 0 Å². The van der Waals surface area contributed by atoms with Crippen molar-refractivity contribution in [3.8, 4) is 0 Å². The Labute approximate surface area is 91.4 Å². The maximum Gasteiger partial charge on any atom is 0.306 e. The van der Waals surface area contributed by atoms with Gasteiger partial charge < -0.3 is 14.8 Å². The topological polar surface area (TPSA) is 61.8 Å². The van der Waals surface area contributed by atoms with Crippen LogP contribution in [-0.4, -0.2) is 49.4 Å². The van der Waals surface area contributed by atoms with Crippen LogP contribution in [0, 0.1) is 0 Å². The van der Waals surface area contributed by atoms with E-state index in [9.17, 15) is 4.79 Å². The molecule has 5 heteroatoms. The van der Waals surface area contributed by atoms with Gasteiger partial charge in [0.2, 0.25) is 0 Å². The van der Waals surface area contributed by atoms with Crippen molar-refractivity contribution in [1.82, 2.24) is 10.4 Å². The van der Waals surface area contributed by atoms with Gasteiger partial charge in [0.25, 0.3) is 0 Å². The van der Waals surface area contributed by atoms with Crippen LogP contribution in [0.25, 0.3) is 0 Å². The number of nitrogens with zero attached hydrogens (tertiary/aromatic N) is 1. The molecule has 1 unspecified atom stereocenters. The third-order valence-corrected chi connectivity index (χ3v) is 1.98. The Balaban J connectivity index is 3.46. The van der Waals surface area contributed by atoms with Gasteiger partial charge in [-0.2, -0.15) is 0 Å². The Morgan fingerprint density at radius 2 is 2.20 bits per heavy atom. The maximum atomic E-state index is 11.3. The van der Waals surface area contributed by atoms with Crippen LogP contribution >= 0.6 is 0 Å². The number of nitrogens with one attached hydrogen (secondary N) is 1. The molecular formula is C10H22N2O3. The maximum absolute atomic E-state index is 11.3. The van der Waals surface area contributed by atoms with Gasteiger partial charge in [-0.25, -0.2) is 5.48 Å². The van der Waals surface area contributed by atoms with E-state index in [2.05, 4.69) is 0 Å². The van der Waals surface area contributed by atoms with Gasteiger partial charge in [0.15, 0.2) is 0 Å². The molecule has 0 aromatic carbocycles. The first-order valence-corrected chi connectivity index (χ1v) is 5.27. The first kappa shape index (κ1) is 14.3. The lowest BCUT2D eigenvalue weighted by atomic mass is 10.2. The summed E-state index contributed by atoms with van der Waals surface area (Å²) in [6.45, 7) is 3.15. The lowest BCUT2D eigenvalue weighted by Gasteiger charge is -2.13. The van der Waals surface area contributed by atoms with Gasteiger partial charge in [-0.1, -0.05) is 0 Å². The summed E-state index contributed by atoms with van der Waals surface area (Å²) >= 11 is 0. The lowest BCUT2D eigenvalue weighted by Crippen LogP contribution is -2.21. The van der Waals surface area contributed by atoms with Gasteiger partial charge in [-0.15, -0.1) is 0 Å². The van der Waals surface area contributed by atoms with Crippen LogP contribution in [0.4, 0.5) is 0 Å². The first-order valence-electron chi connectivity index (χ1n) is 5.27. The predicted octanol–water partition coefficient (Wildman–Crippen LogP) is 0.629. The first-order chi connectivity index (χ1) is 7.06. The summed E-state index contributed by atoms with van der Waals surface area (Å²) < 4.78 is 5.13. The summed E-state index contributed by atoms with van der Waals surface area (Å²) in [5.74, 6) is -0.165. The molecule has 5 nitrogen and oxygen atoms in total. The van der Waals surface area contributed by atoms with Crippen LogP contribution in [0.3, 0.4) is 0 Å². The summed E-state index contributed by atoms with van der Waals surface area (Å²) in [4.78, 5) is 13.3. The Bertz CT molecular complexity index is 174. The molecule has 0 amide bonds. The average molecular weight is 218 g/mol. The molecule has 0 saturated heterocycles. The van der Waals surface area contributed by atoms with Gasteiger partial charge in [-0.3, -0.25) is 4.79 Å². The van der Waals surface area contributed by atoms with E-state index in [1.807, 2.05) is 31.4 Å². The molecule has 1 atom stereocenters. The average Bonchev–Trinajstić information content (AvgIpc) is 2.14. The molecule has 0 aromatic rings. The van der Waals surface area contributed by atoms with Crippen molar-refractivity contribution in [3.05, 3.63) is 0 Å². The smallest absolute Gasteiger partial charge is 0.306 e. The van der Waals surface area contributed by atoms with Crippen molar-refractivity contribution in [2.45, 2.75) is 32.3 Å². The summed E-state index contributed by atoms with van der Waals surface area (Å²) in [6.07, 6.45) is 1.75. The second-order valence-corrected chi connectivity index (χ2v) is 3.90. The van der Waals surface area contributed by atoms with Crippen molar-refractivity contribution in [2.24, 2.45) is 0 Å². The van der Waals surface area contributed by atoms with E-state index in [0.717, 1.165) is 13.0 Å². The highest BCUT2D eigenvalue weighted by atomic mass is 16.5. The van der Waals surface area contributed by atoms with Crippen molar-refractivity contribution < 1.29 is 14.7 Å². The minimum atomic E-state index is -0.165. The Hall–Kier alpha value is -0.650. The molecule has 0 radical (unpaired) electrons. The van der Waals surface area contributed by atoms with E-state index >= 15 is 0 Å². The SMILES string of the molecule is CC(CCNO)OC(=O)CCCN(C)C. The number of ether oxygens (including phenoxy) is 1. The monoisotopic (exact) mass is 218 g/mol. The van der Waals surface area contributed by atoms with Crippen molar-refractivity contribution in [2.75, 3.05) is 27.2 Å². The van der Waals surface area contributed by atoms with Gasteiger partial charge in [0.1, 0.15) is 6.10 Å². The highest BCUT2D eigenvalue weighted by Crippen LogP contribution is 2.01. The van der Waals surface area contributed by atoms with Gasteiger partial charge in [0, 0.05) is 13.0 Å². The molecule has 0 rings (SSSR count). The summed E-state index contributed by atoms with van der Waals surface area (Å²) in [7, 11) is 3.95. The largest absolute Gasteiger partial charge is 0.463 e. The quantitative estimate of drug-likeness (QED) is 0.462. The molecular weight excluding hydrogens is 196 g/mol. The zero-order valence-corrected chi connectivity index (χ0v) is 9.82. The second-order valence-electron chi connectivity index (χ2n) is 3.90. The number of esters is 1. The molecule has 0 aromatic heterocycles. The van der Waals surface area contributed by atoms with Crippen LogP contribution in [0.15, 0.2) is 0 Å². The third-order valence-electron chi connectivity index (χ3n) is 1.98. The normalized spacial score (nSPS) is 12.9. The molecule has 0 heterocycles. The Morgan fingerprint density at radius 1 is 1.53 bits per heavy atom. The van der Waals surface area contributed by atoms with Gasteiger partial charge in [0.05, 0.1) is 0 Å². The van der Waals surface area contributed by atoms with Crippen LogP contribution in [0.2, 0.25) is 0 Å². The standard InChI is InChI=1S/C10H22N2O3/c1-9(6-7-11-14)15-10(13)5-4-8-12(2)3/h9,11,14H,4-8H2,1-3H3. The molecule has 0 bridgehead atoms. The van der Waals surface area contributed by atoms with Crippen LogP contribution in [-0.2, 0) is 9.53 Å². The van der Waals surface area contributed by atoms with E-state index < -0.39 is 0 Å². The third kappa shape index (κ3) is 9.65. The zero-order valence-electron chi connectivity index (χ0n) is 9.82. The van der Waals surface area contributed by atoms with E-state index in [-0.39, 0.29) is 12.1 Å². The van der Waals surface area contributed by atoms with Gasteiger partial charge in [-0.05, 0) is 40.4 Å². The Kier molecular flexibility index (Phi) is 8.27. The number of hydrogen-bond donors (Lipinski definition) is 2. The second kappa shape index (κ2) is 8.64. The van der Waals surface area contributed by atoms with Crippen LogP contribution in [0.1, 0.15) is 26.2 Å². The lowest BCUT2D eigenvalue weighted by molar-refractivity contribution is -0.148. The molecule has 0 aliphatic heterocycles. The minimum Gasteiger partial charge on any atom is -0.463 e. The highest BCUT2D eigenvalue weighted by molar-refractivity contribution is 5.69. The summed E-state index contributed by atoms with van der Waals surface area (Å²) in [5.41, 5.74) is 2.03. The summed E-state index contributed by atoms with van der Waals surface area (Å²) in [5, 5.41) is 8.36. The molecule has 0 fully saturated rings. The Morgan fingerprint density at radius 3 is 2.73 bits per heavy atom. The summed E-state index contributed by atoms with van der Waals surface area (Å²) in [6, 6.07) is 0. The molecule has 0 aliphatic carbocycles. The van der Waals surface area contributed by atoms with Crippen molar-refractivity contribution >= 4 is 5.97 Å². The number of rotatable bonds is 8. The van der Waals surface area contributed by atoms with Crippen LogP contribution in [0.5, 0.6) is 0 Å². The fourth-order valence-electron chi connectivity index (χ4n) is 1.15.